The summed E-state index contributed by atoms with van der Waals surface area (Å²) < 4.78 is 21.3. The lowest BCUT2D eigenvalue weighted by atomic mass is 10.0. The molecule has 2 aromatic heterocycles. The molecule has 1 N–H and O–H groups in total. The lowest BCUT2D eigenvalue weighted by Gasteiger charge is -2.27. The van der Waals surface area contributed by atoms with Gasteiger partial charge in [-0.05, 0) is 64.2 Å². The Bertz CT molecular complexity index is 1010. The number of aliphatic hydroxyl groups is 1. The largest absolute Gasteiger partial charge is 0.462 e. The third-order valence-corrected chi connectivity index (χ3v) is 6.26. The first-order chi connectivity index (χ1) is 14.4. The molecule has 3 heterocycles. The standard InChI is InChI=1S/C24H26FNO3S/c1-15(2)22-13-21(17-8-10-30-14-17)24(16-3-5-18(25)6-4-16)26(22)9-7-20-11-19(27)12-23(28)29-20/h3-6,8,10,13-15,19-20,27H,7,9,11-12H2,1-2H3/t19-,20-/m1/s1. The van der Waals surface area contributed by atoms with Gasteiger partial charge in [0, 0.05) is 30.6 Å². The molecule has 0 bridgehead atoms. The molecule has 0 saturated carbocycles. The minimum Gasteiger partial charge on any atom is -0.462 e. The van der Waals surface area contributed by atoms with Crippen molar-refractivity contribution in [1.29, 1.82) is 0 Å². The van der Waals surface area contributed by atoms with E-state index in [9.17, 15) is 14.3 Å². The van der Waals surface area contributed by atoms with Gasteiger partial charge in [-0.1, -0.05) is 13.8 Å². The van der Waals surface area contributed by atoms with E-state index in [-0.39, 0.29) is 30.2 Å². The fourth-order valence-electron chi connectivity index (χ4n) is 4.16. The van der Waals surface area contributed by atoms with Crippen LogP contribution in [0.2, 0.25) is 0 Å². The maximum absolute atomic E-state index is 13.6. The number of esters is 1. The van der Waals surface area contributed by atoms with Gasteiger partial charge in [-0.15, -0.1) is 0 Å². The van der Waals surface area contributed by atoms with Crippen LogP contribution in [-0.4, -0.2) is 27.9 Å². The lowest BCUT2D eigenvalue weighted by molar-refractivity contribution is -0.160. The van der Waals surface area contributed by atoms with E-state index in [2.05, 4.69) is 41.3 Å². The zero-order valence-corrected chi connectivity index (χ0v) is 18.0. The minimum atomic E-state index is -0.636. The van der Waals surface area contributed by atoms with Gasteiger partial charge in [-0.25, -0.2) is 4.39 Å². The van der Waals surface area contributed by atoms with Crippen LogP contribution in [0.1, 0.15) is 44.7 Å². The summed E-state index contributed by atoms with van der Waals surface area (Å²) in [5.74, 6) is -0.315. The van der Waals surface area contributed by atoms with Crippen LogP contribution in [-0.2, 0) is 16.1 Å². The highest BCUT2D eigenvalue weighted by molar-refractivity contribution is 7.08. The second-order valence-electron chi connectivity index (χ2n) is 8.15. The molecule has 0 unspecified atom stereocenters. The summed E-state index contributed by atoms with van der Waals surface area (Å²) in [5.41, 5.74) is 5.43. The number of thiophene rings is 1. The number of nitrogens with zero attached hydrogens (tertiary/aromatic N) is 1. The highest BCUT2D eigenvalue weighted by atomic mass is 32.1. The van der Waals surface area contributed by atoms with Gasteiger partial charge < -0.3 is 14.4 Å². The van der Waals surface area contributed by atoms with Gasteiger partial charge in [0.1, 0.15) is 11.9 Å². The van der Waals surface area contributed by atoms with Crippen molar-refractivity contribution < 1.29 is 19.0 Å². The SMILES string of the molecule is CC(C)c1cc(-c2ccsc2)c(-c2ccc(F)cc2)n1CC[C@@H]1C[C@@H](O)CC(=O)O1. The molecule has 1 aromatic carbocycles. The molecule has 158 valence electrons. The van der Waals surface area contributed by atoms with E-state index in [0.29, 0.717) is 19.4 Å². The Morgan fingerprint density at radius 3 is 2.63 bits per heavy atom. The molecular formula is C24H26FNO3S. The molecule has 1 saturated heterocycles. The van der Waals surface area contributed by atoms with Crippen LogP contribution < -0.4 is 0 Å². The number of carbonyl (C=O) groups is 1. The Morgan fingerprint density at radius 2 is 2.00 bits per heavy atom. The summed E-state index contributed by atoms with van der Waals surface area (Å²) in [6.45, 7) is 4.96. The minimum absolute atomic E-state index is 0.0698. The number of aromatic nitrogens is 1. The Kier molecular flexibility index (Phi) is 6.06. The summed E-state index contributed by atoms with van der Waals surface area (Å²) >= 11 is 1.65. The lowest BCUT2D eigenvalue weighted by Crippen LogP contribution is -2.33. The van der Waals surface area contributed by atoms with Crippen molar-refractivity contribution in [2.45, 2.75) is 57.8 Å². The number of hydrogen-bond acceptors (Lipinski definition) is 4. The number of ether oxygens (including phenoxy) is 1. The summed E-state index contributed by atoms with van der Waals surface area (Å²) in [7, 11) is 0. The Hall–Kier alpha value is -2.44. The van der Waals surface area contributed by atoms with E-state index >= 15 is 0 Å². The van der Waals surface area contributed by atoms with Crippen molar-refractivity contribution in [3.05, 3.63) is 58.7 Å². The average molecular weight is 428 g/mol. The smallest absolute Gasteiger partial charge is 0.308 e. The summed E-state index contributed by atoms with van der Waals surface area (Å²) in [4.78, 5) is 11.7. The van der Waals surface area contributed by atoms with E-state index in [1.54, 1.807) is 11.3 Å². The molecule has 2 atom stereocenters. The molecular weight excluding hydrogens is 401 g/mol. The van der Waals surface area contributed by atoms with Gasteiger partial charge in [0.25, 0.3) is 0 Å². The third-order valence-electron chi connectivity index (χ3n) is 5.58. The van der Waals surface area contributed by atoms with Crippen molar-refractivity contribution in [3.8, 4) is 22.4 Å². The molecule has 1 aliphatic rings. The van der Waals surface area contributed by atoms with Crippen molar-refractivity contribution in [2.24, 2.45) is 0 Å². The van der Waals surface area contributed by atoms with Gasteiger partial charge in [-0.3, -0.25) is 4.79 Å². The van der Waals surface area contributed by atoms with Gasteiger partial charge in [0.15, 0.2) is 0 Å². The topological polar surface area (TPSA) is 51.5 Å². The molecule has 1 fully saturated rings. The van der Waals surface area contributed by atoms with Crippen molar-refractivity contribution >= 4 is 17.3 Å². The molecule has 0 amide bonds. The van der Waals surface area contributed by atoms with Crippen LogP contribution in [0.15, 0.2) is 47.2 Å². The maximum Gasteiger partial charge on any atom is 0.308 e. The molecule has 1 aliphatic heterocycles. The Balaban J connectivity index is 1.75. The van der Waals surface area contributed by atoms with E-state index in [1.165, 1.54) is 17.8 Å². The van der Waals surface area contributed by atoms with E-state index in [0.717, 1.165) is 22.4 Å². The second kappa shape index (κ2) is 8.74. The highest BCUT2D eigenvalue weighted by Gasteiger charge is 2.28. The fourth-order valence-corrected chi connectivity index (χ4v) is 4.81. The van der Waals surface area contributed by atoms with Gasteiger partial charge >= 0.3 is 5.97 Å². The third kappa shape index (κ3) is 4.35. The maximum atomic E-state index is 13.6. The van der Waals surface area contributed by atoms with E-state index in [4.69, 9.17) is 4.74 Å². The summed E-state index contributed by atoms with van der Waals surface area (Å²) in [6.07, 6.45) is 0.222. The monoisotopic (exact) mass is 427 g/mol. The first-order valence-electron chi connectivity index (χ1n) is 10.3. The van der Waals surface area contributed by atoms with Gasteiger partial charge in [-0.2, -0.15) is 11.3 Å². The van der Waals surface area contributed by atoms with E-state index < -0.39 is 6.10 Å². The van der Waals surface area contributed by atoms with Gasteiger partial charge in [0.2, 0.25) is 0 Å². The molecule has 6 heteroatoms. The molecule has 0 spiro atoms. The number of carbonyl (C=O) groups excluding carboxylic acids is 1. The van der Waals surface area contributed by atoms with Crippen LogP contribution >= 0.6 is 11.3 Å². The molecule has 4 rings (SSSR count). The number of halogens is 1. The number of rotatable bonds is 6. The first kappa shape index (κ1) is 20.8. The normalized spacial score (nSPS) is 19.3. The molecule has 30 heavy (non-hydrogen) atoms. The average Bonchev–Trinajstić information content (AvgIpc) is 3.34. The van der Waals surface area contributed by atoms with E-state index in [1.807, 2.05) is 12.1 Å². The quantitative estimate of drug-likeness (QED) is 0.521. The number of benzene rings is 1. The highest BCUT2D eigenvalue weighted by Crippen LogP contribution is 2.39. The summed E-state index contributed by atoms with van der Waals surface area (Å²) in [5, 5.41) is 14.1. The zero-order chi connectivity index (χ0) is 21.3. The van der Waals surface area contributed by atoms with Crippen LogP contribution in [0.5, 0.6) is 0 Å². The van der Waals surface area contributed by atoms with Gasteiger partial charge in [0.05, 0.1) is 18.2 Å². The molecule has 0 aliphatic carbocycles. The van der Waals surface area contributed by atoms with Crippen LogP contribution in [0.25, 0.3) is 22.4 Å². The first-order valence-corrected chi connectivity index (χ1v) is 11.3. The predicted octanol–water partition coefficient (Wildman–Crippen LogP) is 5.60. The Morgan fingerprint density at radius 1 is 1.23 bits per heavy atom. The second-order valence-corrected chi connectivity index (χ2v) is 8.93. The van der Waals surface area contributed by atoms with Crippen molar-refractivity contribution in [3.63, 3.8) is 0 Å². The molecule has 0 radical (unpaired) electrons. The number of hydrogen-bond donors (Lipinski definition) is 1. The molecule has 3 aromatic rings. The van der Waals surface area contributed by atoms with Crippen LogP contribution in [0.3, 0.4) is 0 Å². The molecule has 4 nitrogen and oxygen atoms in total. The predicted molar refractivity (Wildman–Crippen MR) is 117 cm³/mol. The van der Waals surface area contributed by atoms with Crippen molar-refractivity contribution in [2.75, 3.05) is 0 Å². The zero-order valence-electron chi connectivity index (χ0n) is 17.2. The fraction of sp³-hybridized carbons (Fsp3) is 0.375. The van der Waals surface area contributed by atoms with Crippen molar-refractivity contribution in [1.82, 2.24) is 4.57 Å². The Labute approximate surface area is 179 Å². The number of aliphatic hydroxyl groups excluding tert-OH is 1. The van der Waals surface area contributed by atoms with Crippen LogP contribution in [0.4, 0.5) is 4.39 Å². The summed E-state index contributed by atoms with van der Waals surface area (Å²) in [6, 6.07) is 10.9. The van der Waals surface area contributed by atoms with Crippen LogP contribution in [0, 0.1) is 5.82 Å². The number of cyclic esters (lactones) is 1.